The van der Waals surface area contributed by atoms with Crippen molar-refractivity contribution in [1.29, 1.82) is 0 Å². The van der Waals surface area contributed by atoms with Crippen molar-refractivity contribution >= 4 is 23.1 Å². The molecule has 0 radical (unpaired) electrons. The number of ketones is 1. The van der Waals surface area contributed by atoms with E-state index in [1.54, 1.807) is 24.3 Å². The zero-order valence-electron chi connectivity index (χ0n) is 15.5. The second-order valence-corrected chi connectivity index (χ2v) is 7.99. The van der Waals surface area contributed by atoms with Crippen LogP contribution >= 0.6 is 11.6 Å². The maximum absolute atomic E-state index is 13.1. The van der Waals surface area contributed by atoms with Crippen LogP contribution < -0.4 is 5.73 Å². The highest BCUT2D eigenvalue weighted by molar-refractivity contribution is 6.31. The highest BCUT2D eigenvalue weighted by Gasteiger charge is 2.38. The molecule has 6 heteroatoms. The topological polar surface area (TPSA) is 49.6 Å². The molecule has 2 saturated heterocycles. The smallest absolute Gasteiger partial charge is 0.189 e. The molecule has 2 unspecified atom stereocenters. The van der Waals surface area contributed by atoms with Crippen molar-refractivity contribution in [2.75, 3.05) is 18.8 Å². The molecular weight excluding hydrogens is 377 g/mol. The number of carbonyl (C=O) groups excluding carboxylic acids is 1. The van der Waals surface area contributed by atoms with E-state index in [0.717, 1.165) is 38.0 Å². The molecule has 28 heavy (non-hydrogen) atoms. The molecule has 2 N–H and O–H groups in total. The summed E-state index contributed by atoms with van der Waals surface area (Å²) >= 11 is 5.90. The van der Waals surface area contributed by atoms with Crippen LogP contribution in [0.5, 0.6) is 0 Å². The van der Waals surface area contributed by atoms with Gasteiger partial charge in [-0.2, -0.15) is 0 Å². The van der Waals surface area contributed by atoms with E-state index in [1.807, 2.05) is 18.3 Å². The minimum atomic E-state index is -0.201. The van der Waals surface area contributed by atoms with Gasteiger partial charge in [-0.1, -0.05) is 23.7 Å². The minimum absolute atomic E-state index is 0.116. The SMILES string of the molecule is Nc1cc(Cl)ccc1C(=O)C=CN1CC2CCC(C1)N2Cc1ccc(F)cc1. The first-order valence-corrected chi connectivity index (χ1v) is 9.89. The van der Waals surface area contributed by atoms with Crippen molar-refractivity contribution in [3.63, 3.8) is 0 Å². The number of benzene rings is 2. The van der Waals surface area contributed by atoms with Crippen LogP contribution in [0.15, 0.2) is 54.7 Å². The van der Waals surface area contributed by atoms with Gasteiger partial charge in [0.1, 0.15) is 5.82 Å². The first-order valence-electron chi connectivity index (χ1n) is 9.51. The summed E-state index contributed by atoms with van der Waals surface area (Å²) in [5.74, 6) is -0.317. The van der Waals surface area contributed by atoms with E-state index in [4.69, 9.17) is 17.3 Å². The molecule has 0 aliphatic carbocycles. The van der Waals surface area contributed by atoms with Gasteiger partial charge in [0.05, 0.1) is 0 Å². The summed E-state index contributed by atoms with van der Waals surface area (Å²) in [4.78, 5) is 17.2. The molecule has 4 rings (SSSR count). The molecule has 146 valence electrons. The number of carbonyl (C=O) groups is 1. The van der Waals surface area contributed by atoms with Crippen LogP contribution in [0, 0.1) is 5.82 Å². The number of fused-ring (bicyclic) bond motifs is 2. The number of nitrogens with two attached hydrogens (primary N) is 1. The predicted molar refractivity (Wildman–Crippen MR) is 110 cm³/mol. The van der Waals surface area contributed by atoms with Crippen LogP contribution in [0.25, 0.3) is 0 Å². The lowest BCUT2D eigenvalue weighted by Crippen LogP contribution is -2.51. The third kappa shape index (κ3) is 4.05. The zero-order valence-corrected chi connectivity index (χ0v) is 16.3. The Morgan fingerprint density at radius 2 is 1.82 bits per heavy atom. The minimum Gasteiger partial charge on any atom is -0.398 e. The Bertz CT molecular complexity index is 885. The highest BCUT2D eigenvalue weighted by atomic mass is 35.5. The van der Waals surface area contributed by atoms with Gasteiger partial charge in [0, 0.05) is 60.3 Å². The Kier molecular flexibility index (Phi) is 5.38. The Labute approximate surface area is 169 Å². The standard InChI is InChI=1S/C22H23ClFN3O/c23-16-3-8-20(21(25)11-16)22(28)9-10-26-13-18-6-7-19(14-26)27(18)12-15-1-4-17(24)5-2-15/h1-5,8-11,18-19H,6-7,12-14,25H2. The van der Waals surface area contributed by atoms with Gasteiger partial charge in [-0.05, 0) is 48.7 Å². The summed E-state index contributed by atoms with van der Waals surface area (Å²) in [6, 6.07) is 12.6. The lowest BCUT2D eigenvalue weighted by molar-refractivity contribution is 0.0859. The number of likely N-dealkylation sites (tertiary alicyclic amines) is 1. The second-order valence-electron chi connectivity index (χ2n) is 7.55. The maximum atomic E-state index is 13.1. The third-order valence-electron chi connectivity index (χ3n) is 5.66. The zero-order chi connectivity index (χ0) is 19.7. The normalized spacial score (nSPS) is 22.1. The average Bonchev–Trinajstić information content (AvgIpc) is 2.89. The van der Waals surface area contributed by atoms with Crippen LogP contribution in [0.4, 0.5) is 10.1 Å². The Balaban J connectivity index is 1.39. The van der Waals surface area contributed by atoms with Crippen molar-refractivity contribution in [1.82, 2.24) is 9.80 Å². The van der Waals surface area contributed by atoms with E-state index >= 15 is 0 Å². The van der Waals surface area contributed by atoms with Gasteiger partial charge in [0.2, 0.25) is 0 Å². The number of hydrogen-bond acceptors (Lipinski definition) is 4. The van der Waals surface area contributed by atoms with Gasteiger partial charge in [-0.15, -0.1) is 0 Å². The molecule has 2 heterocycles. The first kappa shape index (κ1) is 19.0. The molecule has 2 bridgehead atoms. The van der Waals surface area contributed by atoms with Gasteiger partial charge in [-0.25, -0.2) is 4.39 Å². The van der Waals surface area contributed by atoms with Gasteiger partial charge in [0.25, 0.3) is 0 Å². The number of allylic oxidation sites excluding steroid dienone is 1. The number of rotatable bonds is 5. The summed E-state index contributed by atoms with van der Waals surface area (Å²) in [5.41, 5.74) is 7.90. The van der Waals surface area contributed by atoms with Crippen LogP contribution in [0.3, 0.4) is 0 Å². The maximum Gasteiger partial charge on any atom is 0.189 e. The van der Waals surface area contributed by atoms with E-state index in [0.29, 0.717) is 28.4 Å². The molecule has 0 spiro atoms. The van der Waals surface area contributed by atoms with Gasteiger partial charge >= 0.3 is 0 Å². The van der Waals surface area contributed by atoms with Gasteiger partial charge < -0.3 is 10.6 Å². The average molecular weight is 400 g/mol. The number of nitrogen functional groups attached to an aromatic ring is 1. The van der Waals surface area contributed by atoms with Gasteiger partial charge in [0.15, 0.2) is 5.78 Å². The highest BCUT2D eigenvalue weighted by Crippen LogP contribution is 2.32. The molecular formula is C22H23ClFN3O. The van der Waals surface area contributed by atoms with E-state index in [1.165, 1.54) is 12.1 Å². The Hall–Kier alpha value is -2.37. The second kappa shape index (κ2) is 7.94. The number of halogens is 2. The third-order valence-corrected chi connectivity index (χ3v) is 5.89. The van der Waals surface area contributed by atoms with E-state index in [-0.39, 0.29) is 11.6 Å². The number of hydrogen-bond donors (Lipinski definition) is 1. The predicted octanol–water partition coefficient (Wildman–Crippen LogP) is 4.11. The number of anilines is 1. The molecule has 2 aliphatic rings. The fourth-order valence-electron chi connectivity index (χ4n) is 4.22. The molecule has 0 saturated carbocycles. The molecule has 2 atom stereocenters. The van der Waals surface area contributed by atoms with E-state index < -0.39 is 0 Å². The van der Waals surface area contributed by atoms with Crippen molar-refractivity contribution in [2.45, 2.75) is 31.5 Å². The van der Waals surface area contributed by atoms with Crippen molar-refractivity contribution in [3.05, 3.63) is 76.7 Å². The summed E-state index contributed by atoms with van der Waals surface area (Å²) < 4.78 is 13.1. The summed E-state index contributed by atoms with van der Waals surface area (Å²) in [6.45, 7) is 2.61. The molecule has 2 aromatic carbocycles. The van der Waals surface area contributed by atoms with Crippen molar-refractivity contribution in [3.8, 4) is 0 Å². The fraction of sp³-hybridized carbons (Fsp3) is 0.318. The van der Waals surface area contributed by atoms with Crippen LogP contribution in [-0.2, 0) is 6.54 Å². The lowest BCUT2D eigenvalue weighted by Gasteiger charge is -2.40. The summed E-state index contributed by atoms with van der Waals surface area (Å²) in [7, 11) is 0. The molecule has 2 aromatic rings. The Morgan fingerprint density at radius 3 is 2.46 bits per heavy atom. The van der Waals surface area contributed by atoms with Crippen molar-refractivity contribution in [2.24, 2.45) is 0 Å². The summed E-state index contributed by atoms with van der Waals surface area (Å²) in [5, 5.41) is 0.520. The largest absolute Gasteiger partial charge is 0.398 e. The summed E-state index contributed by atoms with van der Waals surface area (Å²) in [6.07, 6.45) is 5.77. The van der Waals surface area contributed by atoms with Crippen LogP contribution in [0.1, 0.15) is 28.8 Å². The molecule has 4 nitrogen and oxygen atoms in total. The monoisotopic (exact) mass is 399 g/mol. The molecule has 0 aromatic heterocycles. The first-order chi connectivity index (χ1) is 13.5. The number of piperazine rings is 1. The van der Waals surface area contributed by atoms with Crippen LogP contribution in [0.2, 0.25) is 5.02 Å². The lowest BCUT2D eigenvalue weighted by atomic mass is 10.1. The number of nitrogens with zero attached hydrogens (tertiary/aromatic N) is 2. The Morgan fingerprint density at radius 1 is 1.14 bits per heavy atom. The molecule has 2 fully saturated rings. The molecule has 0 amide bonds. The quantitative estimate of drug-likeness (QED) is 0.467. The van der Waals surface area contributed by atoms with E-state index in [2.05, 4.69) is 9.80 Å². The van der Waals surface area contributed by atoms with Crippen LogP contribution in [-0.4, -0.2) is 40.8 Å². The fourth-order valence-corrected chi connectivity index (χ4v) is 4.40. The molecule has 2 aliphatic heterocycles. The van der Waals surface area contributed by atoms with Crippen molar-refractivity contribution < 1.29 is 9.18 Å². The van der Waals surface area contributed by atoms with E-state index in [9.17, 15) is 9.18 Å². The van der Waals surface area contributed by atoms with Gasteiger partial charge in [-0.3, -0.25) is 9.69 Å².